The van der Waals surface area contributed by atoms with Gasteiger partial charge in [-0.25, -0.2) is 53.1 Å². The Morgan fingerprint density at radius 3 is 1.23 bits per heavy atom. The number of methoxy groups -OCH3 is 2. The number of carbonyl (C=O) groups is 6. The first-order valence-electron chi connectivity index (χ1n) is 43.2. The molecule has 3 amide bonds. The van der Waals surface area contributed by atoms with Crippen LogP contribution in [0.3, 0.4) is 0 Å². The number of ether oxygens (including phenoxy) is 5. The molecule has 6 aliphatic heterocycles. The number of benzene rings is 6. The first kappa shape index (κ1) is 96.4. The highest BCUT2D eigenvalue weighted by Crippen LogP contribution is 2.48. The molecule has 3 N–H and O–H groups in total. The SMILES string of the molecule is COc1ccc(C(C)(C)CC(=O)O)cc1-c1cnc(N2CCC2)nc1CN1C(=O)O[C@H](c2cc(C)cc(C(F)(F)F)c2)[C@@H]1C.COc1ccc(CCC(=O)O)cc1-c1cnc(N2CC(F)(F)C2)nc1CN1C(=O)O[C@H](c2cc(C)cc(C(F)(F)F)c2)[C@@H]1C.Cc1cc([C@H]2OC(=O)N(Cc3nc(N4CCC4)ncc3-c3cc(C4CCC(C(=O)O)CC4)ccc3Cl)[C@H]2C)cc(C(F)(F)F)c1. The Balaban J connectivity index is 0.000000160. The molecule has 133 heavy (non-hydrogen) atoms. The molecule has 1 aliphatic carbocycles. The highest BCUT2D eigenvalue weighted by molar-refractivity contribution is 6.33. The molecule has 6 saturated heterocycles. The summed E-state index contributed by atoms with van der Waals surface area (Å²) < 4.78 is 177. The quantitative estimate of drug-likeness (QED) is 0.0354. The first-order chi connectivity index (χ1) is 62.7. The zero-order valence-electron chi connectivity index (χ0n) is 74.2. The number of anilines is 3. The fourth-order valence-electron chi connectivity index (χ4n) is 17.7. The molecule has 38 heteroatoms. The van der Waals surface area contributed by atoms with Crippen molar-refractivity contribution in [1.29, 1.82) is 0 Å². The lowest BCUT2D eigenvalue weighted by Gasteiger charge is -2.38. The van der Waals surface area contributed by atoms with E-state index in [1.165, 1.54) is 53.0 Å². The number of nitrogens with zero attached hydrogens (tertiary/aromatic N) is 12. The number of carboxylic acid groups (broad SMARTS) is 3. The minimum atomic E-state index is -4.59. The third-order valence-electron chi connectivity index (χ3n) is 25.2. The number of aliphatic carboxylic acids is 3. The van der Waals surface area contributed by atoms with Crippen LogP contribution in [0.25, 0.3) is 33.4 Å². The smallest absolute Gasteiger partial charge is 0.416 e. The van der Waals surface area contributed by atoms with E-state index in [0.29, 0.717) is 108 Å². The molecule has 0 radical (unpaired) electrons. The van der Waals surface area contributed by atoms with E-state index in [0.717, 1.165) is 99.4 Å². The summed E-state index contributed by atoms with van der Waals surface area (Å²) in [5, 5.41) is 28.5. The minimum Gasteiger partial charge on any atom is -0.496 e. The van der Waals surface area contributed by atoms with Gasteiger partial charge in [0.2, 0.25) is 17.8 Å². The average Bonchev–Trinajstić information content (AvgIpc) is 1.73. The van der Waals surface area contributed by atoms with Crippen LogP contribution in [0.5, 0.6) is 11.5 Å². The van der Waals surface area contributed by atoms with Crippen LogP contribution in [-0.2, 0) is 78.6 Å². The van der Waals surface area contributed by atoms with Crippen molar-refractivity contribution < 1.29 is 116 Å². The fourth-order valence-corrected chi connectivity index (χ4v) is 17.9. The summed E-state index contributed by atoms with van der Waals surface area (Å²) in [4.78, 5) is 111. The third kappa shape index (κ3) is 21.7. The van der Waals surface area contributed by atoms with E-state index in [-0.39, 0.29) is 79.1 Å². The molecule has 6 atom stereocenters. The van der Waals surface area contributed by atoms with Gasteiger partial charge in [0.1, 0.15) is 29.8 Å². The molecule has 9 heterocycles. The van der Waals surface area contributed by atoms with Gasteiger partial charge in [-0.1, -0.05) is 78.5 Å². The molecule has 7 fully saturated rings. The van der Waals surface area contributed by atoms with Gasteiger partial charge < -0.3 is 53.7 Å². The van der Waals surface area contributed by atoms with Gasteiger partial charge in [-0.15, -0.1) is 0 Å². The van der Waals surface area contributed by atoms with Crippen molar-refractivity contribution in [2.24, 2.45) is 5.92 Å². The lowest BCUT2D eigenvalue weighted by molar-refractivity contribution is -0.143. The summed E-state index contributed by atoms with van der Waals surface area (Å²) in [7, 11) is 2.96. The van der Waals surface area contributed by atoms with Crippen molar-refractivity contribution in [3.8, 4) is 44.9 Å². The Hall–Kier alpha value is -12.7. The number of amides is 3. The number of carbonyl (C=O) groups excluding carboxylic acids is 3. The van der Waals surface area contributed by atoms with E-state index in [1.54, 1.807) is 83.4 Å². The van der Waals surface area contributed by atoms with E-state index in [4.69, 9.17) is 50.4 Å². The maximum absolute atomic E-state index is 13.7. The van der Waals surface area contributed by atoms with Crippen molar-refractivity contribution in [2.75, 3.05) is 68.2 Å². The molecule has 1 saturated carbocycles. The van der Waals surface area contributed by atoms with E-state index in [2.05, 4.69) is 19.9 Å². The second-order valence-corrected chi connectivity index (χ2v) is 35.7. The molecule has 0 unspecified atom stereocenters. The second-order valence-electron chi connectivity index (χ2n) is 35.3. The topological polar surface area (TPSA) is 306 Å². The summed E-state index contributed by atoms with van der Waals surface area (Å²) >= 11 is 6.75. The van der Waals surface area contributed by atoms with Crippen LogP contribution in [-0.4, -0.2) is 174 Å². The summed E-state index contributed by atoms with van der Waals surface area (Å²) in [6, 6.07) is 25.3. The Labute approximate surface area is 763 Å². The van der Waals surface area contributed by atoms with Crippen LogP contribution in [0.1, 0.15) is 194 Å². The van der Waals surface area contributed by atoms with E-state index < -0.39 is 132 Å². The molecule has 26 nitrogen and oxygen atoms in total. The van der Waals surface area contributed by atoms with Gasteiger partial charge >= 0.3 is 54.7 Å². The van der Waals surface area contributed by atoms with Crippen LogP contribution >= 0.6 is 11.6 Å². The maximum atomic E-state index is 13.7. The molecule has 0 spiro atoms. The molecular weight excluding hydrogens is 1780 g/mol. The highest BCUT2D eigenvalue weighted by Gasteiger charge is 2.49. The minimum absolute atomic E-state index is 0.000955. The van der Waals surface area contributed by atoms with Crippen molar-refractivity contribution in [2.45, 2.75) is 205 Å². The predicted octanol–water partition coefficient (Wildman–Crippen LogP) is 20.3. The predicted molar refractivity (Wildman–Crippen MR) is 466 cm³/mol. The highest BCUT2D eigenvalue weighted by atomic mass is 35.5. The normalized spacial score (nSPS) is 20.6. The molecular formula is C95H98ClF11N12O14. The van der Waals surface area contributed by atoms with Crippen LogP contribution in [0.2, 0.25) is 5.02 Å². The van der Waals surface area contributed by atoms with E-state index in [1.807, 2.05) is 54.0 Å². The number of hydrogen-bond acceptors (Lipinski definition) is 20. The van der Waals surface area contributed by atoms with Crippen LogP contribution in [0.4, 0.5) is 80.5 Å². The molecule has 7 aliphatic rings. The van der Waals surface area contributed by atoms with Gasteiger partial charge in [-0.2, -0.15) is 39.5 Å². The largest absolute Gasteiger partial charge is 0.496 e. The number of alkyl halides is 11. The number of rotatable bonds is 25. The maximum Gasteiger partial charge on any atom is 0.416 e. The van der Waals surface area contributed by atoms with Crippen molar-refractivity contribution in [3.63, 3.8) is 0 Å². The second kappa shape index (κ2) is 38.5. The summed E-state index contributed by atoms with van der Waals surface area (Å²) in [5.74, 6) is -3.74. The lowest BCUT2D eigenvalue weighted by atomic mass is 9.78. The van der Waals surface area contributed by atoms with Gasteiger partial charge in [0.25, 0.3) is 5.92 Å². The number of hydrogen-bond donors (Lipinski definition) is 3. The molecule has 706 valence electrons. The zero-order chi connectivity index (χ0) is 96.0. The van der Waals surface area contributed by atoms with Crippen molar-refractivity contribution in [3.05, 3.63) is 217 Å². The summed E-state index contributed by atoms with van der Waals surface area (Å²) in [5.41, 5.74) is 5.96. The molecule has 6 aromatic carbocycles. The van der Waals surface area contributed by atoms with E-state index in [9.17, 15) is 87.3 Å². The molecule has 0 bridgehead atoms. The number of carboxylic acids is 3. The van der Waals surface area contributed by atoms with Crippen molar-refractivity contribution >= 4 is 65.6 Å². The summed E-state index contributed by atoms with van der Waals surface area (Å²) in [6.45, 7) is 15.4. The number of aromatic nitrogens is 6. The Kier molecular flexibility index (Phi) is 27.9. The third-order valence-corrected chi connectivity index (χ3v) is 25.6. The molecule has 3 aromatic heterocycles. The van der Waals surface area contributed by atoms with Gasteiger partial charge in [-0.05, 0) is 199 Å². The number of halogens is 12. The van der Waals surface area contributed by atoms with Crippen LogP contribution < -0.4 is 24.2 Å². The number of aryl methyl sites for hydroxylation is 4. The number of cyclic esters (lactones) is 3. The Morgan fingerprint density at radius 2 is 0.865 bits per heavy atom. The lowest BCUT2D eigenvalue weighted by Crippen LogP contribution is -2.57. The van der Waals surface area contributed by atoms with Crippen LogP contribution in [0, 0.1) is 26.7 Å². The van der Waals surface area contributed by atoms with Gasteiger partial charge in [-0.3, -0.25) is 29.1 Å². The Morgan fingerprint density at radius 1 is 0.474 bits per heavy atom. The zero-order valence-corrected chi connectivity index (χ0v) is 75.0. The molecule has 16 rings (SSSR count). The first-order valence-corrected chi connectivity index (χ1v) is 43.6. The van der Waals surface area contributed by atoms with Gasteiger partial charge in [0.05, 0.1) is 111 Å². The van der Waals surface area contributed by atoms with Gasteiger partial charge in [0, 0.05) is 95.0 Å². The molecule has 9 aromatic rings. The van der Waals surface area contributed by atoms with E-state index >= 15 is 0 Å². The van der Waals surface area contributed by atoms with Gasteiger partial charge in [0.15, 0.2) is 0 Å². The van der Waals surface area contributed by atoms with Crippen LogP contribution in [0.15, 0.2) is 128 Å². The standard InChI is InChI=1S/C33H34ClF3N4O4.C32H35F3N4O5.C30H29F5N4O5/c1-18-12-23(14-24(13-18)33(35,36)37)29-19(2)41(32(44)45-29)17-28-26(16-38-31(39-28)40-10-3-11-40)25-15-22(8-9-27(25)34)20-4-6-21(7-5-20)30(42)43;1-18-11-20(13-22(12-18)32(33,34)35)28-19(2)39(30(42)44-28)17-25-24(16-36-29(37-25)38-9-6-10-38)23-14-21(7-8-26(23)43-5)31(3,4)15-27(40)41;1-16-8-19(11-20(9-16)30(33,34)35)26-17(2)39(28(42)44-26)13-23-22(12-36-27(37-23)38-14-29(31,32)15-38)21-10-18(5-7-25(40)41)4-6-24(21)43-3/h8-9,12-16,19-21,29H,3-7,10-11,17H2,1-2H3,(H,42,43);7-8,11-14,16,19,28H,6,9-10,15,17H2,1-5H3,(H,40,41);4,6,8-12,17,26H,5,7,13-15H2,1-3H3,(H,40,41)/t19-,20?,21?,29-;19-,28-;17-,26-/m000/s1. The fraction of sp³-hybridized carbons (Fsp3) is 0.432. The monoisotopic (exact) mass is 1870 g/mol. The average molecular weight is 1880 g/mol. The Bertz CT molecular complexity index is 5920. The summed E-state index contributed by atoms with van der Waals surface area (Å²) in [6.07, 6.45) is -9.05. The van der Waals surface area contributed by atoms with Crippen molar-refractivity contribution in [1.82, 2.24) is 44.6 Å².